The van der Waals surface area contributed by atoms with Crippen molar-refractivity contribution >= 4 is 6.03 Å². The summed E-state index contributed by atoms with van der Waals surface area (Å²) in [6.45, 7) is 1.81. The zero-order chi connectivity index (χ0) is 10.6. The van der Waals surface area contributed by atoms with Crippen molar-refractivity contribution in [3.05, 3.63) is 42.4 Å². The van der Waals surface area contributed by atoms with Gasteiger partial charge in [0.05, 0.1) is 6.54 Å². The Bertz CT molecular complexity index is 295. The van der Waals surface area contributed by atoms with E-state index in [-0.39, 0.29) is 6.03 Å². The molecule has 1 rings (SSSR count). The molecule has 0 aliphatic rings. The van der Waals surface area contributed by atoms with E-state index in [1.54, 1.807) is 30.9 Å². The Morgan fingerprint density at radius 1 is 1.14 bits per heavy atom. The average molecular weight is 191 g/mol. The Balaban J connectivity index is 2.57. The zero-order valence-corrected chi connectivity index (χ0v) is 8.77. The first-order valence-electron chi connectivity index (χ1n) is 4.45. The number of nitrogens with zero attached hydrogens (tertiary/aromatic N) is 2. The van der Waals surface area contributed by atoms with Crippen LogP contribution in [0.2, 0.25) is 0 Å². The minimum absolute atomic E-state index is 0.0335. The molecule has 3 nitrogen and oxygen atoms in total. The van der Waals surface area contributed by atoms with Crippen molar-refractivity contribution in [2.75, 3.05) is 21.1 Å². The van der Waals surface area contributed by atoms with Crippen molar-refractivity contribution in [3.8, 4) is 0 Å². The van der Waals surface area contributed by atoms with Crippen LogP contribution in [0.4, 0.5) is 4.79 Å². The summed E-state index contributed by atoms with van der Waals surface area (Å²) < 4.78 is 0. The Kier molecular flexibility index (Phi) is 3.51. The third kappa shape index (κ3) is 2.76. The highest BCUT2D eigenvalue weighted by atomic mass is 16.2. The van der Waals surface area contributed by atoms with Gasteiger partial charge in [-0.05, 0) is 5.56 Å². The van der Waals surface area contributed by atoms with Crippen LogP contribution >= 0.6 is 0 Å². The molecule has 0 unspecified atom stereocenters. The topological polar surface area (TPSA) is 23.6 Å². The van der Waals surface area contributed by atoms with Crippen LogP contribution < -0.4 is 0 Å². The summed E-state index contributed by atoms with van der Waals surface area (Å²) in [4.78, 5) is 14.6. The molecule has 0 bridgehead atoms. The van der Waals surface area contributed by atoms with E-state index in [0.717, 1.165) is 5.56 Å². The molecule has 0 aliphatic heterocycles. The normalized spacial score (nSPS) is 9.64. The Labute approximate surface area is 84.9 Å². The summed E-state index contributed by atoms with van der Waals surface area (Å²) in [7, 11) is 5.21. The molecule has 1 radical (unpaired) electrons. The zero-order valence-electron chi connectivity index (χ0n) is 8.77. The maximum absolute atomic E-state index is 11.5. The average Bonchev–Trinajstić information content (AvgIpc) is 2.18. The number of benzene rings is 1. The van der Waals surface area contributed by atoms with Gasteiger partial charge in [0.15, 0.2) is 0 Å². The van der Waals surface area contributed by atoms with Gasteiger partial charge >= 0.3 is 6.03 Å². The Hall–Kier alpha value is -1.51. The van der Waals surface area contributed by atoms with Gasteiger partial charge < -0.3 is 9.80 Å². The van der Waals surface area contributed by atoms with Crippen molar-refractivity contribution in [3.63, 3.8) is 0 Å². The van der Waals surface area contributed by atoms with Crippen LogP contribution in [0.15, 0.2) is 30.3 Å². The highest BCUT2D eigenvalue weighted by molar-refractivity contribution is 5.74. The van der Waals surface area contributed by atoms with Gasteiger partial charge in [0.25, 0.3) is 0 Å². The fraction of sp³-hybridized carbons (Fsp3) is 0.273. The van der Waals surface area contributed by atoms with E-state index < -0.39 is 0 Å². The van der Waals surface area contributed by atoms with E-state index in [2.05, 4.69) is 0 Å². The second kappa shape index (κ2) is 4.65. The molecule has 0 spiro atoms. The molecule has 2 amide bonds. The summed E-state index contributed by atoms with van der Waals surface area (Å²) >= 11 is 0. The number of hydrogen-bond acceptors (Lipinski definition) is 1. The van der Waals surface area contributed by atoms with Crippen LogP contribution in [0, 0.1) is 6.54 Å². The molecule has 0 atom stereocenters. The molecule has 0 heterocycles. The molecule has 0 fully saturated rings. The molecule has 0 aliphatic carbocycles. The minimum atomic E-state index is -0.0335. The van der Waals surface area contributed by atoms with E-state index in [4.69, 9.17) is 0 Å². The molecule has 1 aromatic rings. The molecule has 0 aromatic heterocycles. The molecule has 0 saturated carbocycles. The van der Waals surface area contributed by atoms with Crippen molar-refractivity contribution in [2.45, 2.75) is 0 Å². The molecular weight excluding hydrogens is 176 g/mol. The molecule has 1 aromatic carbocycles. The SMILES string of the molecule is CN(C)C(=O)N(C)[CH]c1ccccc1. The molecule has 14 heavy (non-hydrogen) atoms. The number of amides is 2. The van der Waals surface area contributed by atoms with E-state index >= 15 is 0 Å². The first-order valence-corrected chi connectivity index (χ1v) is 4.45. The smallest absolute Gasteiger partial charge is 0.319 e. The fourth-order valence-corrected chi connectivity index (χ4v) is 1.13. The highest BCUT2D eigenvalue weighted by Gasteiger charge is 2.10. The maximum atomic E-state index is 11.5. The molecule has 75 valence electrons. The highest BCUT2D eigenvalue weighted by Crippen LogP contribution is 2.05. The van der Waals surface area contributed by atoms with Gasteiger partial charge in [-0.3, -0.25) is 0 Å². The lowest BCUT2D eigenvalue weighted by molar-refractivity contribution is 0.192. The standard InChI is InChI=1S/C11H15N2O/c1-12(2)11(14)13(3)9-10-7-5-4-6-8-10/h4-9H,1-3H3. The predicted molar refractivity (Wildman–Crippen MR) is 56.7 cm³/mol. The second-order valence-electron chi connectivity index (χ2n) is 3.33. The first kappa shape index (κ1) is 10.6. The summed E-state index contributed by atoms with van der Waals surface area (Å²) in [6.07, 6.45) is 0. The number of rotatable bonds is 2. The third-order valence-electron chi connectivity index (χ3n) is 1.83. The van der Waals surface area contributed by atoms with Gasteiger partial charge in [0, 0.05) is 21.1 Å². The van der Waals surface area contributed by atoms with E-state index in [9.17, 15) is 4.79 Å². The number of urea groups is 1. The largest absolute Gasteiger partial charge is 0.331 e. The first-order chi connectivity index (χ1) is 6.61. The summed E-state index contributed by atoms with van der Waals surface area (Å²) in [6, 6.07) is 9.72. The van der Waals surface area contributed by atoms with Crippen LogP contribution in [0.1, 0.15) is 5.56 Å². The van der Waals surface area contributed by atoms with Crippen LogP contribution in [0.5, 0.6) is 0 Å². The number of hydrogen-bond donors (Lipinski definition) is 0. The second-order valence-corrected chi connectivity index (χ2v) is 3.33. The van der Waals surface area contributed by atoms with Gasteiger partial charge in [0.2, 0.25) is 0 Å². The van der Waals surface area contributed by atoms with Gasteiger partial charge in [-0.1, -0.05) is 30.3 Å². The van der Waals surface area contributed by atoms with Crippen LogP contribution in [-0.4, -0.2) is 37.0 Å². The summed E-state index contributed by atoms with van der Waals surface area (Å²) in [5, 5.41) is 0. The van der Waals surface area contributed by atoms with Gasteiger partial charge in [-0.25, -0.2) is 4.79 Å². The fourth-order valence-electron chi connectivity index (χ4n) is 1.13. The van der Waals surface area contributed by atoms with Crippen molar-refractivity contribution < 1.29 is 4.79 Å². The van der Waals surface area contributed by atoms with Gasteiger partial charge in [-0.2, -0.15) is 0 Å². The maximum Gasteiger partial charge on any atom is 0.319 e. The quantitative estimate of drug-likeness (QED) is 0.699. The lowest BCUT2D eigenvalue weighted by Crippen LogP contribution is -2.34. The van der Waals surface area contributed by atoms with Gasteiger partial charge in [0.1, 0.15) is 0 Å². The van der Waals surface area contributed by atoms with Crippen LogP contribution in [-0.2, 0) is 0 Å². The molecule has 0 N–H and O–H groups in total. The summed E-state index contributed by atoms with van der Waals surface area (Å²) in [5.74, 6) is 0. The van der Waals surface area contributed by atoms with Crippen LogP contribution in [0.25, 0.3) is 0 Å². The van der Waals surface area contributed by atoms with Crippen molar-refractivity contribution in [2.24, 2.45) is 0 Å². The predicted octanol–water partition coefficient (Wildman–Crippen LogP) is 1.81. The summed E-state index contributed by atoms with van der Waals surface area (Å²) in [5.41, 5.74) is 1.02. The van der Waals surface area contributed by atoms with E-state index in [1.165, 1.54) is 0 Å². The number of carbonyl (C=O) groups excluding carboxylic acids is 1. The van der Waals surface area contributed by atoms with Crippen molar-refractivity contribution in [1.29, 1.82) is 0 Å². The molecule has 3 heteroatoms. The van der Waals surface area contributed by atoms with E-state index in [0.29, 0.717) is 0 Å². The van der Waals surface area contributed by atoms with Gasteiger partial charge in [-0.15, -0.1) is 0 Å². The monoisotopic (exact) mass is 191 g/mol. The van der Waals surface area contributed by atoms with Crippen molar-refractivity contribution in [1.82, 2.24) is 9.80 Å². The van der Waals surface area contributed by atoms with E-state index in [1.807, 2.05) is 36.9 Å². The number of carbonyl (C=O) groups is 1. The molecular formula is C11H15N2O. The minimum Gasteiger partial charge on any atom is -0.331 e. The third-order valence-corrected chi connectivity index (χ3v) is 1.83. The molecule has 0 saturated heterocycles. The Morgan fingerprint density at radius 3 is 2.21 bits per heavy atom. The lowest BCUT2D eigenvalue weighted by atomic mass is 10.2. The van der Waals surface area contributed by atoms with Crippen LogP contribution in [0.3, 0.4) is 0 Å². The Morgan fingerprint density at radius 2 is 1.71 bits per heavy atom. The lowest BCUT2D eigenvalue weighted by Gasteiger charge is -2.21.